The van der Waals surface area contributed by atoms with Gasteiger partial charge in [-0.3, -0.25) is 4.79 Å². The number of hydrogen-bond donors (Lipinski definition) is 2. The summed E-state index contributed by atoms with van der Waals surface area (Å²) in [4.78, 5) is 24.7. The summed E-state index contributed by atoms with van der Waals surface area (Å²) in [5, 5.41) is 4.94. The molecule has 0 bridgehead atoms. The first-order valence-corrected chi connectivity index (χ1v) is 11.4. The number of carbonyl (C=O) groups excluding carboxylic acids is 1. The molecule has 7 heteroatoms. The van der Waals surface area contributed by atoms with Crippen LogP contribution in [0.25, 0.3) is 11.0 Å². The van der Waals surface area contributed by atoms with Crippen molar-refractivity contribution in [2.75, 3.05) is 45.7 Å². The number of anilines is 1. The van der Waals surface area contributed by atoms with Gasteiger partial charge in [0.2, 0.25) is 5.91 Å². The number of pyridine rings is 1. The summed E-state index contributed by atoms with van der Waals surface area (Å²) in [7, 11) is 4.01. The fraction of sp³-hybridized carbons (Fsp3) is 0.583. The SMILES string of the molecule is C[C@H]1CC[C@@H](Nc2ccnc3[nH]cc(C4CCOCC4)c23)CN1C(=O)/C=C/CN(C)C. The van der Waals surface area contributed by atoms with Crippen molar-refractivity contribution >= 4 is 22.6 Å². The zero-order chi connectivity index (χ0) is 21.8. The summed E-state index contributed by atoms with van der Waals surface area (Å²) in [6.45, 7) is 5.27. The predicted molar refractivity (Wildman–Crippen MR) is 124 cm³/mol. The summed E-state index contributed by atoms with van der Waals surface area (Å²) in [6, 6.07) is 2.56. The van der Waals surface area contributed by atoms with Crippen LogP contribution in [0.3, 0.4) is 0 Å². The minimum Gasteiger partial charge on any atom is -0.381 e. The zero-order valence-corrected chi connectivity index (χ0v) is 18.9. The van der Waals surface area contributed by atoms with Gasteiger partial charge in [0.05, 0.1) is 0 Å². The quantitative estimate of drug-likeness (QED) is 0.695. The second-order valence-electron chi connectivity index (χ2n) is 9.14. The third-order valence-corrected chi connectivity index (χ3v) is 6.52. The van der Waals surface area contributed by atoms with Crippen molar-refractivity contribution in [2.24, 2.45) is 0 Å². The Morgan fingerprint density at radius 2 is 2.13 bits per heavy atom. The number of likely N-dealkylation sites (N-methyl/N-ethyl adjacent to an activating group) is 1. The molecule has 0 aromatic carbocycles. The maximum Gasteiger partial charge on any atom is 0.246 e. The van der Waals surface area contributed by atoms with E-state index in [1.54, 1.807) is 6.08 Å². The van der Waals surface area contributed by atoms with Crippen molar-refractivity contribution in [3.05, 3.63) is 36.2 Å². The van der Waals surface area contributed by atoms with Gasteiger partial charge in [0.25, 0.3) is 0 Å². The van der Waals surface area contributed by atoms with Crippen molar-refractivity contribution in [2.45, 2.75) is 50.6 Å². The summed E-state index contributed by atoms with van der Waals surface area (Å²) < 4.78 is 5.56. The van der Waals surface area contributed by atoms with E-state index < -0.39 is 0 Å². The van der Waals surface area contributed by atoms with Crippen LogP contribution in [0.2, 0.25) is 0 Å². The Hall–Kier alpha value is -2.38. The fourth-order valence-corrected chi connectivity index (χ4v) is 4.74. The minimum absolute atomic E-state index is 0.102. The van der Waals surface area contributed by atoms with Gasteiger partial charge >= 0.3 is 0 Å². The first-order chi connectivity index (χ1) is 15.0. The maximum absolute atomic E-state index is 12.8. The van der Waals surface area contributed by atoms with E-state index in [1.807, 2.05) is 31.3 Å². The normalized spacial score (nSPS) is 23.2. The lowest BCUT2D eigenvalue weighted by molar-refractivity contribution is -0.129. The molecule has 0 saturated carbocycles. The number of aromatic amines is 1. The highest BCUT2D eigenvalue weighted by molar-refractivity contribution is 5.93. The molecule has 2 aromatic rings. The van der Waals surface area contributed by atoms with Gasteiger partial charge in [-0.2, -0.15) is 0 Å². The number of nitrogens with one attached hydrogen (secondary N) is 2. The summed E-state index contributed by atoms with van der Waals surface area (Å²) >= 11 is 0. The Labute approximate surface area is 184 Å². The number of H-pyrrole nitrogens is 1. The van der Waals surface area contributed by atoms with E-state index in [1.165, 1.54) is 10.9 Å². The summed E-state index contributed by atoms with van der Waals surface area (Å²) in [5.41, 5.74) is 3.37. The van der Waals surface area contributed by atoms with Crippen molar-refractivity contribution < 1.29 is 9.53 Å². The summed E-state index contributed by atoms with van der Waals surface area (Å²) in [6.07, 6.45) is 11.8. The van der Waals surface area contributed by atoms with E-state index in [-0.39, 0.29) is 18.0 Å². The molecule has 168 valence electrons. The van der Waals surface area contributed by atoms with Crippen LogP contribution in [0.15, 0.2) is 30.6 Å². The number of amides is 1. The van der Waals surface area contributed by atoms with E-state index in [4.69, 9.17) is 4.74 Å². The van der Waals surface area contributed by atoms with Gasteiger partial charge in [-0.25, -0.2) is 4.98 Å². The number of aromatic nitrogens is 2. The van der Waals surface area contributed by atoms with Gasteiger partial charge in [-0.1, -0.05) is 6.08 Å². The molecule has 1 amide bonds. The molecule has 2 atom stereocenters. The van der Waals surface area contributed by atoms with Crippen LogP contribution < -0.4 is 5.32 Å². The number of fused-ring (bicyclic) bond motifs is 1. The number of piperidine rings is 1. The molecule has 2 aromatic heterocycles. The first-order valence-electron chi connectivity index (χ1n) is 11.4. The molecule has 31 heavy (non-hydrogen) atoms. The van der Waals surface area contributed by atoms with E-state index in [0.717, 1.165) is 56.8 Å². The number of rotatable bonds is 6. The van der Waals surface area contributed by atoms with E-state index in [9.17, 15) is 4.79 Å². The second-order valence-corrected chi connectivity index (χ2v) is 9.14. The molecular weight excluding hydrogens is 390 g/mol. The van der Waals surface area contributed by atoms with Crippen LogP contribution in [0.5, 0.6) is 0 Å². The van der Waals surface area contributed by atoms with Crippen LogP contribution in [-0.4, -0.2) is 78.2 Å². The Balaban J connectivity index is 1.50. The lowest BCUT2D eigenvalue weighted by atomic mass is 9.91. The molecule has 0 aliphatic carbocycles. The molecule has 2 saturated heterocycles. The third kappa shape index (κ3) is 5.10. The molecule has 4 heterocycles. The van der Waals surface area contributed by atoms with E-state index >= 15 is 0 Å². The topological polar surface area (TPSA) is 73.5 Å². The monoisotopic (exact) mass is 425 g/mol. The van der Waals surface area contributed by atoms with Crippen molar-refractivity contribution in [3.8, 4) is 0 Å². The van der Waals surface area contributed by atoms with Crippen molar-refractivity contribution in [1.29, 1.82) is 0 Å². The number of hydrogen-bond acceptors (Lipinski definition) is 5. The Kier molecular flexibility index (Phi) is 6.92. The number of ether oxygens (including phenoxy) is 1. The highest BCUT2D eigenvalue weighted by atomic mass is 16.5. The molecule has 0 radical (unpaired) electrons. The van der Waals surface area contributed by atoms with Gasteiger partial charge in [0, 0.05) is 67.9 Å². The first kappa shape index (κ1) is 21.8. The average Bonchev–Trinajstić information content (AvgIpc) is 3.20. The second kappa shape index (κ2) is 9.83. The van der Waals surface area contributed by atoms with Crippen LogP contribution >= 0.6 is 0 Å². The van der Waals surface area contributed by atoms with E-state index in [0.29, 0.717) is 12.5 Å². The molecule has 4 rings (SSSR count). The standard InChI is InChI=1S/C24H35N5O2/c1-17-6-7-19(16-29(17)22(30)5-4-12-28(2)3)27-21-8-11-25-24-23(21)20(15-26-24)18-9-13-31-14-10-18/h4-5,8,11,15,17-19H,6-7,9-10,12-14,16H2,1-3H3,(H2,25,26,27)/b5-4+/t17-,19+/m0/s1. The maximum atomic E-state index is 12.8. The van der Waals surface area contributed by atoms with Crippen molar-refractivity contribution in [1.82, 2.24) is 19.8 Å². The molecule has 7 nitrogen and oxygen atoms in total. The van der Waals surface area contributed by atoms with E-state index in [2.05, 4.69) is 39.4 Å². The number of nitrogens with zero attached hydrogens (tertiary/aromatic N) is 3. The minimum atomic E-state index is 0.102. The fourth-order valence-electron chi connectivity index (χ4n) is 4.74. The lowest BCUT2D eigenvalue weighted by Crippen LogP contribution is -2.49. The Bertz CT molecular complexity index is 916. The third-order valence-electron chi connectivity index (χ3n) is 6.52. The molecule has 2 aliphatic rings. The molecule has 0 unspecified atom stereocenters. The van der Waals surface area contributed by atoms with Gasteiger partial charge in [0.1, 0.15) is 5.65 Å². The number of carbonyl (C=O) groups is 1. The van der Waals surface area contributed by atoms with Crippen LogP contribution in [0.1, 0.15) is 44.1 Å². The van der Waals surface area contributed by atoms with Crippen LogP contribution in [0, 0.1) is 0 Å². The largest absolute Gasteiger partial charge is 0.381 e. The van der Waals surface area contributed by atoms with Gasteiger partial charge in [-0.15, -0.1) is 0 Å². The Morgan fingerprint density at radius 3 is 2.90 bits per heavy atom. The van der Waals surface area contributed by atoms with Gasteiger partial charge in [-0.05, 0) is 64.3 Å². The van der Waals surface area contributed by atoms with Gasteiger partial charge < -0.3 is 24.8 Å². The van der Waals surface area contributed by atoms with Gasteiger partial charge in [0.15, 0.2) is 0 Å². The predicted octanol–water partition coefficient (Wildman–Crippen LogP) is 3.37. The van der Waals surface area contributed by atoms with Crippen LogP contribution in [-0.2, 0) is 9.53 Å². The number of likely N-dealkylation sites (tertiary alicyclic amines) is 1. The molecule has 0 spiro atoms. The Morgan fingerprint density at radius 1 is 1.32 bits per heavy atom. The lowest BCUT2D eigenvalue weighted by Gasteiger charge is -2.38. The highest BCUT2D eigenvalue weighted by Crippen LogP contribution is 2.36. The van der Waals surface area contributed by atoms with Crippen molar-refractivity contribution in [3.63, 3.8) is 0 Å². The highest BCUT2D eigenvalue weighted by Gasteiger charge is 2.29. The molecule has 2 fully saturated rings. The summed E-state index contributed by atoms with van der Waals surface area (Å²) in [5.74, 6) is 0.601. The molecule has 2 N–H and O–H groups in total. The zero-order valence-electron chi connectivity index (χ0n) is 18.9. The average molecular weight is 426 g/mol. The molecule has 2 aliphatic heterocycles. The molecular formula is C24H35N5O2. The smallest absolute Gasteiger partial charge is 0.246 e. The van der Waals surface area contributed by atoms with Crippen LogP contribution in [0.4, 0.5) is 5.69 Å².